The van der Waals surface area contributed by atoms with Gasteiger partial charge in [-0.1, -0.05) is 28.1 Å². The summed E-state index contributed by atoms with van der Waals surface area (Å²) in [6.45, 7) is 3.34. The lowest BCUT2D eigenvalue weighted by molar-refractivity contribution is -0.0229. The van der Waals surface area contributed by atoms with E-state index >= 15 is 0 Å². The minimum atomic E-state index is -0.178. The van der Waals surface area contributed by atoms with Crippen LogP contribution in [0, 0.1) is 6.92 Å². The molecular weight excluding hydrogens is 438 g/mol. The van der Waals surface area contributed by atoms with Crippen LogP contribution in [0.3, 0.4) is 0 Å². The summed E-state index contributed by atoms with van der Waals surface area (Å²) in [5, 5.41) is 10.2. The quantitative estimate of drug-likeness (QED) is 0.729. The number of aromatic hydroxyl groups is 1. The number of morpholine rings is 1. The van der Waals surface area contributed by atoms with Crippen molar-refractivity contribution in [1.29, 1.82) is 0 Å². The summed E-state index contributed by atoms with van der Waals surface area (Å²) in [7, 11) is 0. The van der Waals surface area contributed by atoms with Crippen molar-refractivity contribution >= 4 is 37.8 Å². The third kappa shape index (κ3) is 3.66. The van der Waals surface area contributed by atoms with Gasteiger partial charge in [0.15, 0.2) is 0 Å². The lowest BCUT2D eigenvalue weighted by atomic mass is 10.1. The Hall–Kier alpha value is -1.37. The minimum absolute atomic E-state index is 0.0164. The lowest BCUT2D eigenvalue weighted by Gasteiger charge is -2.33. The fraction of sp³-hybridized carbons (Fsp3) is 0.278. The van der Waals surface area contributed by atoms with Crippen LogP contribution in [0.25, 0.3) is 0 Å². The van der Waals surface area contributed by atoms with Crippen molar-refractivity contribution in [2.24, 2.45) is 0 Å². The minimum Gasteiger partial charge on any atom is -0.506 e. The summed E-state index contributed by atoms with van der Waals surface area (Å²) >= 11 is 6.71. The first-order valence-corrected chi connectivity index (χ1v) is 9.20. The maximum atomic E-state index is 12.8. The monoisotopic (exact) mass is 453 g/mol. The molecule has 0 aliphatic carbocycles. The van der Waals surface area contributed by atoms with Gasteiger partial charge in [-0.15, -0.1) is 0 Å². The predicted molar refractivity (Wildman–Crippen MR) is 99.3 cm³/mol. The Morgan fingerprint density at radius 2 is 1.96 bits per heavy atom. The van der Waals surface area contributed by atoms with Crippen molar-refractivity contribution in [2.75, 3.05) is 19.7 Å². The van der Waals surface area contributed by atoms with E-state index in [2.05, 4.69) is 31.9 Å². The van der Waals surface area contributed by atoms with Crippen LogP contribution in [0.2, 0.25) is 0 Å². The third-order valence-electron chi connectivity index (χ3n) is 4.03. The molecule has 1 aliphatic heterocycles. The van der Waals surface area contributed by atoms with Crippen molar-refractivity contribution in [3.05, 3.63) is 62.0 Å². The number of phenolic OH excluding ortho intramolecular Hbond substituents is 1. The van der Waals surface area contributed by atoms with Gasteiger partial charge in [0.1, 0.15) is 11.9 Å². The van der Waals surface area contributed by atoms with Crippen molar-refractivity contribution < 1.29 is 14.6 Å². The van der Waals surface area contributed by atoms with Gasteiger partial charge in [0.05, 0.1) is 23.2 Å². The van der Waals surface area contributed by atoms with Crippen LogP contribution in [0.1, 0.15) is 27.6 Å². The summed E-state index contributed by atoms with van der Waals surface area (Å²) in [4.78, 5) is 14.6. The average molecular weight is 455 g/mol. The lowest BCUT2D eigenvalue weighted by Crippen LogP contribution is -2.42. The molecule has 4 nitrogen and oxygen atoms in total. The maximum Gasteiger partial charge on any atom is 0.257 e. The smallest absolute Gasteiger partial charge is 0.257 e. The number of amides is 1. The molecule has 1 aliphatic rings. The average Bonchev–Trinajstić information content (AvgIpc) is 2.58. The SMILES string of the molecule is Cc1cc(Br)c(O)c(C(=O)N2CCOC(c3ccc(Br)cc3)C2)c1. The largest absolute Gasteiger partial charge is 0.506 e. The highest BCUT2D eigenvalue weighted by Crippen LogP contribution is 2.31. The van der Waals surface area contributed by atoms with Crippen LogP contribution in [0.15, 0.2) is 45.3 Å². The fourth-order valence-electron chi connectivity index (χ4n) is 2.78. The Labute approximate surface area is 157 Å². The Morgan fingerprint density at radius 3 is 2.67 bits per heavy atom. The van der Waals surface area contributed by atoms with Crippen LogP contribution in [-0.4, -0.2) is 35.6 Å². The summed E-state index contributed by atoms with van der Waals surface area (Å²) < 4.78 is 7.35. The number of phenols is 1. The zero-order chi connectivity index (χ0) is 17.3. The number of halogens is 2. The van der Waals surface area contributed by atoms with E-state index in [0.717, 1.165) is 15.6 Å². The molecule has 6 heteroatoms. The number of aryl methyl sites for hydroxylation is 1. The van der Waals surface area contributed by atoms with Crippen molar-refractivity contribution in [1.82, 2.24) is 4.90 Å². The molecule has 2 aromatic carbocycles. The van der Waals surface area contributed by atoms with Gasteiger partial charge in [-0.25, -0.2) is 0 Å². The molecule has 1 fully saturated rings. The molecule has 1 heterocycles. The Kier molecular flexibility index (Phi) is 5.27. The highest BCUT2D eigenvalue weighted by atomic mass is 79.9. The van der Waals surface area contributed by atoms with Gasteiger partial charge in [0, 0.05) is 11.0 Å². The number of benzene rings is 2. The van der Waals surface area contributed by atoms with Gasteiger partial charge >= 0.3 is 0 Å². The Balaban J connectivity index is 1.82. The van der Waals surface area contributed by atoms with E-state index in [4.69, 9.17) is 4.74 Å². The molecule has 1 N–H and O–H groups in total. The van der Waals surface area contributed by atoms with Crippen LogP contribution in [-0.2, 0) is 4.74 Å². The second-order valence-corrected chi connectivity index (χ2v) is 7.58. The molecule has 1 unspecified atom stereocenters. The molecule has 0 saturated carbocycles. The summed E-state index contributed by atoms with van der Waals surface area (Å²) in [6, 6.07) is 11.4. The maximum absolute atomic E-state index is 12.8. The van der Waals surface area contributed by atoms with Gasteiger partial charge in [0.25, 0.3) is 5.91 Å². The fourth-order valence-corrected chi connectivity index (χ4v) is 3.62. The number of ether oxygens (including phenoxy) is 1. The molecule has 3 rings (SSSR count). The highest BCUT2D eigenvalue weighted by molar-refractivity contribution is 9.10. The first-order chi connectivity index (χ1) is 11.5. The second kappa shape index (κ2) is 7.25. The van der Waals surface area contributed by atoms with Crippen molar-refractivity contribution in [2.45, 2.75) is 13.0 Å². The van der Waals surface area contributed by atoms with Gasteiger partial charge in [-0.2, -0.15) is 0 Å². The summed E-state index contributed by atoms with van der Waals surface area (Å²) in [5.74, 6) is -0.195. The van der Waals surface area contributed by atoms with Crippen LogP contribution >= 0.6 is 31.9 Å². The molecule has 126 valence electrons. The number of nitrogens with zero attached hydrogens (tertiary/aromatic N) is 1. The highest BCUT2D eigenvalue weighted by Gasteiger charge is 2.28. The van der Waals surface area contributed by atoms with E-state index in [9.17, 15) is 9.90 Å². The van der Waals surface area contributed by atoms with Crippen LogP contribution in [0.4, 0.5) is 0 Å². The molecule has 2 aromatic rings. The first-order valence-electron chi connectivity index (χ1n) is 7.61. The van der Waals surface area contributed by atoms with E-state index < -0.39 is 0 Å². The van der Waals surface area contributed by atoms with Crippen LogP contribution in [0.5, 0.6) is 5.75 Å². The number of carbonyl (C=O) groups excluding carboxylic acids is 1. The normalized spacial score (nSPS) is 17.8. The predicted octanol–water partition coefficient (Wildman–Crippen LogP) is 4.44. The zero-order valence-electron chi connectivity index (χ0n) is 13.1. The van der Waals surface area contributed by atoms with E-state index in [1.165, 1.54) is 0 Å². The van der Waals surface area contributed by atoms with Crippen molar-refractivity contribution in [3.63, 3.8) is 0 Å². The molecule has 0 bridgehead atoms. The molecule has 0 radical (unpaired) electrons. The number of rotatable bonds is 2. The number of carbonyl (C=O) groups is 1. The molecule has 1 amide bonds. The second-order valence-electron chi connectivity index (χ2n) is 5.81. The first kappa shape index (κ1) is 17.5. The molecular formula is C18H17Br2NO3. The van der Waals surface area contributed by atoms with Gasteiger partial charge in [-0.05, 0) is 58.2 Å². The standard InChI is InChI=1S/C18H17Br2NO3/c1-11-8-14(17(22)15(20)9-11)18(23)21-6-7-24-16(10-21)12-2-4-13(19)5-3-12/h2-5,8-9,16,22H,6-7,10H2,1H3. The van der Waals surface area contributed by atoms with Crippen LogP contribution < -0.4 is 0 Å². The molecule has 24 heavy (non-hydrogen) atoms. The molecule has 0 spiro atoms. The van der Waals surface area contributed by atoms with E-state index in [1.54, 1.807) is 17.0 Å². The number of hydrogen-bond donors (Lipinski definition) is 1. The van der Waals surface area contributed by atoms with E-state index in [0.29, 0.717) is 29.7 Å². The Bertz CT molecular complexity index is 762. The summed E-state index contributed by atoms with van der Waals surface area (Å²) in [5.41, 5.74) is 2.27. The zero-order valence-corrected chi connectivity index (χ0v) is 16.3. The van der Waals surface area contributed by atoms with Gasteiger partial charge < -0.3 is 14.7 Å². The molecule has 1 atom stereocenters. The van der Waals surface area contributed by atoms with E-state index in [1.807, 2.05) is 31.2 Å². The molecule has 1 saturated heterocycles. The third-order valence-corrected chi connectivity index (χ3v) is 5.17. The van der Waals surface area contributed by atoms with Crippen molar-refractivity contribution in [3.8, 4) is 5.75 Å². The van der Waals surface area contributed by atoms with Gasteiger partial charge in [-0.3, -0.25) is 4.79 Å². The number of hydrogen-bond acceptors (Lipinski definition) is 3. The molecule has 0 aromatic heterocycles. The van der Waals surface area contributed by atoms with E-state index in [-0.39, 0.29) is 17.8 Å². The van der Waals surface area contributed by atoms with Gasteiger partial charge in [0.2, 0.25) is 0 Å². The Morgan fingerprint density at radius 1 is 1.25 bits per heavy atom. The summed E-state index contributed by atoms with van der Waals surface area (Å²) in [6.07, 6.45) is -0.161. The topological polar surface area (TPSA) is 49.8 Å².